The van der Waals surface area contributed by atoms with Gasteiger partial charge in [0.25, 0.3) is 5.91 Å². The SMILES string of the molecule is COc1cccc(-n2nnc(C(=O)NCC(C)Cn3cccn3)c2C)c1. The summed E-state index contributed by atoms with van der Waals surface area (Å²) in [6, 6.07) is 9.33. The number of amides is 1. The standard InChI is InChI=1S/C18H22N6O2/c1-13(12-23-9-5-8-20-23)11-19-18(25)17-14(2)24(22-21-17)15-6-4-7-16(10-15)26-3/h4-10,13H,11-12H2,1-3H3,(H,19,25). The molecule has 1 N–H and O–H groups in total. The van der Waals surface area contributed by atoms with E-state index < -0.39 is 0 Å². The maximum atomic E-state index is 12.5. The highest BCUT2D eigenvalue weighted by molar-refractivity contribution is 5.93. The van der Waals surface area contributed by atoms with Crippen LogP contribution in [-0.2, 0) is 6.54 Å². The van der Waals surface area contributed by atoms with Gasteiger partial charge in [0.15, 0.2) is 5.69 Å². The van der Waals surface area contributed by atoms with Crippen LogP contribution in [0.25, 0.3) is 5.69 Å². The molecule has 8 nitrogen and oxygen atoms in total. The lowest BCUT2D eigenvalue weighted by molar-refractivity contribution is 0.0941. The van der Waals surface area contributed by atoms with Crippen LogP contribution in [0.15, 0.2) is 42.7 Å². The highest BCUT2D eigenvalue weighted by atomic mass is 16.5. The lowest BCUT2D eigenvalue weighted by Gasteiger charge is -2.12. The molecule has 3 rings (SSSR count). The summed E-state index contributed by atoms with van der Waals surface area (Å²) >= 11 is 0. The zero-order chi connectivity index (χ0) is 18.5. The molecule has 3 aromatic rings. The van der Waals surface area contributed by atoms with Crippen molar-refractivity contribution in [1.29, 1.82) is 0 Å². The van der Waals surface area contributed by atoms with Gasteiger partial charge in [0, 0.05) is 31.5 Å². The second-order valence-electron chi connectivity index (χ2n) is 6.18. The molecule has 0 aliphatic rings. The van der Waals surface area contributed by atoms with Crippen molar-refractivity contribution < 1.29 is 9.53 Å². The summed E-state index contributed by atoms with van der Waals surface area (Å²) in [7, 11) is 1.61. The van der Waals surface area contributed by atoms with E-state index >= 15 is 0 Å². The fraction of sp³-hybridized carbons (Fsp3) is 0.333. The molecule has 136 valence electrons. The fourth-order valence-corrected chi connectivity index (χ4v) is 2.67. The normalized spacial score (nSPS) is 12.0. The van der Waals surface area contributed by atoms with E-state index in [0.29, 0.717) is 17.9 Å². The number of aromatic nitrogens is 5. The van der Waals surface area contributed by atoms with Crippen molar-refractivity contribution in [3.8, 4) is 11.4 Å². The molecule has 0 saturated heterocycles. The number of benzene rings is 1. The Hall–Kier alpha value is -3.16. The second kappa shape index (κ2) is 7.81. The molecule has 0 aliphatic heterocycles. The van der Waals surface area contributed by atoms with Crippen molar-refractivity contribution in [1.82, 2.24) is 30.1 Å². The quantitative estimate of drug-likeness (QED) is 0.700. The van der Waals surface area contributed by atoms with Crippen LogP contribution in [0.3, 0.4) is 0 Å². The van der Waals surface area contributed by atoms with Gasteiger partial charge >= 0.3 is 0 Å². The predicted octanol–water partition coefficient (Wildman–Crippen LogP) is 1.85. The number of hydrogen-bond acceptors (Lipinski definition) is 5. The smallest absolute Gasteiger partial charge is 0.273 e. The van der Waals surface area contributed by atoms with Gasteiger partial charge in [-0.1, -0.05) is 18.2 Å². The third-order valence-electron chi connectivity index (χ3n) is 4.08. The Morgan fingerprint density at radius 3 is 2.92 bits per heavy atom. The van der Waals surface area contributed by atoms with E-state index in [-0.39, 0.29) is 11.8 Å². The maximum Gasteiger partial charge on any atom is 0.273 e. The average Bonchev–Trinajstić information content (AvgIpc) is 3.29. The molecule has 8 heteroatoms. The molecular formula is C18H22N6O2. The Kier molecular flexibility index (Phi) is 5.31. The Morgan fingerprint density at radius 2 is 2.19 bits per heavy atom. The first-order valence-corrected chi connectivity index (χ1v) is 8.41. The van der Waals surface area contributed by atoms with Crippen molar-refractivity contribution >= 4 is 5.91 Å². The van der Waals surface area contributed by atoms with Crippen LogP contribution in [-0.4, -0.2) is 44.3 Å². The molecule has 0 spiro atoms. The molecule has 2 heterocycles. The second-order valence-corrected chi connectivity index (χ2v) is 6.18. The molecule has 0 aliphatic carbocycles. The molecule has 2 aromatic heterocycles. The fourth-order valence-electron chi connectivity index (χ4n) is 2.67. The molecule has 26 heavy (non-hydrogen) atoms. The van der Waals surface area contributed by atoms with Gasteiger partial charge in [-0.05, 0) is 31.0 Å². The van der Waals surface area contributed by atoms with Crippen LogP contribution in [0.4, 0.5) is 0 Å². The van der Waals surface area contributed by atoms with Gasteiger partial charge < -0.3 is 10.1 Å². The number of nitrogens with zero attached hydrogens (tertiary/aromatic N) is 5. The van der Waals surface area contributed by atoms with E-state index in [0.717, 1.165) is 18.0 Å². The summed E-state index contributed by atoms with van der Waals surface area (Å²) in [4.78, 5) is 12.5. The van der Waals surface area contributed by atoms with E-state index in [9.17, 15) is 4.79 Å². The topological polar surface area (TPSA) is 86.9 Å². The minimum absolute atomic E-state index is 0.232. The summed E-state index contributed by atoms with van der Waals surface area (Å²) in [6.07, 6.45) is 3.65. The number of hydrogen-bond donors (Lipinski definition) is 1. The van der Waals surface area contributed by atoms with Gasteiger partial charge in [0.05, 0.1) is 18.5 Å². The van der Waals surface area contributed by atoms with Crippen LogP contribution in [0.1, 0.15) is 23.1 Å². The zero-order valence-corrected chi connectivity index (χ0v) is 15.1. The van der Waals surface area contributed by atoms with E-state index in [1.807, 2.05) is 48.1 Å². The van der Waals surface area contributed by atoms with E-state index in [1.54, 1.807) is 18.0 Å². The van der Waals surface area contributed by atoms with Crippen LogP contribution in [0, 0.1) is 12.8 Å². The molecule has 0 fully saturated rings. The number of rotatable bonds is 7. The predicted molar refractivity (Wildman–Crippen MR) is 96.4 cm³/mol. The van der Waals surface area contributed by atoms with Crippen LogP contribution in [0.5, 0.6) is 5.75 Å². The van der Waals surface area contributed by atoms with Crippen molar-refractivity contribution in [3.05, 3.63) is 54.1 Å². The van der Waals surface area contributed by atoms with Gasteiger partial charge in [-0.2, -0.15) is 5.10 Å². The maximum absolute atomic E-state index is 12.5. The first kappa shape index (κ1) is 17.7. The Morgan fingerprint density at radius 1 is 1.35 bits per heavy atom. The third-order valence-corrected chi connectivity index (χ3v) is 4.08. The van der Waals surface area contributed by atoms with Gasteiger partial charge in [-0.15, -0.1) is 5.10 Å². The average molecular weight is 354 g/mol. The number of ether oxygens (including phenoxy) is 1. The molecular weight excluding hydrogens is 332 g/mol. The first-order chi connectivity index (χ1) is 12.6. The highest BCUT2D eigenvalue weighted by Gasteiger charge is 2.18. The van der Waals surface area contributed by atoms with E-state index in [4.69, 9.17) is 4.74 Å². The Bertz CT molecular complexity index is 872. The Labute approximate surface area is 151 Å². The van der Waals surface area contributed by atoms with Gasteiger partial charge in [-0.25, -0.2) is 4.68 Å². The molecule has 1 aromatic carbocycles. The van der Waals surface area contributed by atoms with Gasteiger partial charge in [-0.3, -0.25) is 9.48 Å². The molecule has 1 atom stereocenters. The van der Waals surface area contributed by atoms with Gasteiger partial charge in [0.2, 0.25) is 0 Å². The third kappa shape index (κ3) is 3.90. The highest BCUT2D eigenvalue weighted by Crippen LogP contribution is 2.18. The molecule has 1 amide bonds. The Balaban J connectivity index is 1.65. The lowest BCUT2D eigenvalue weighted by Crippen LogP contribution is -2.30. The summed E-state index contributed by atoms with van der Waals surface area (Å²) in [5, 5.41) is 15.2. The van der Waals surface area contributed by atoms with Crippen molar-refractivity contribution in [2.45, 2.75) is 20.4 Å². The minimum atomic E-state index is -0.232. The summed E-state index contributed by atoms with van der Waals surface area (Å²) < 4.78 is 8.71. The number of carbonyl (C=O) groups excluding carboxylic acids is 1. The minimum Gasteiger partial charge on any atom is -0.497 e. The van der Waals surface area contributed by atoms with Crippen molar-refractivity contribution in [2.75, 3.05) is 13.7 Å². The number of carbonyl (C=O) groups is 1. The van der Waals surface area contributed by atoms with Gasteiger partial charge in [0.1, 0.15) is 5.75 Å². The zero-order valence-electron chi connectivity index (χ0n) is 15.1. The largest absolute Gasteiger partial charge is 0.497 e. The summed E-state index contributed by atoms with van der Waals surface area (Å²) in [6.45, 7) is 5.15. The molecule has 1 unspecified atom stereocenters. The first-order valence-electron chi connectivity index (χ1n) is 8.41. The molecule has 0 bridgehead atoms. The number of methoxy groups -OCH3 is 1. The summed E-state index contributed by atoms with van der Waals surface area (Å²) in [5.74, 6) is 0.729. The molecule has 0 radical (unpaired) electrons. The van der Waals surface area contributed by atoms with E-state index in [2.05, 4.69) is 27.7 Å². The van der Waals surface area contributed by atoms with Crippen molar-refractivity contribution in [3.63, 3.8) is 0 Å². The summed E-state index contributed by atoms with van der Waals surface area (Å²) in [5.41, 5.74) is 1.79. The molecule has 0 saturated carbocycles. The lowest BCUT2D eigenvalue weighted by atomic mass is 10.2. The monoisotopic (exact) mass is 354 g/mol. The van der Waals surface area contributed by atoms with Crippen LogP contribution >= 0.6 is 0 Å². The van der Waals surface area contributed by atoms with E-state index in [1.165, 1.54) is 0 Å². The van der Waals surface area contributed by atoms with Crippen LogP contribution in [0.2, 0.25) is 0 Å². The number of nitrogens with one attached hydrogen (secondary N) is 1. The van der Waals surface area contributed by atoms with Crippen LogP contribution < -0.4 is 10.1 Å². The van der Waals surface area contributed by atoms with Crippen molar-refractivity contribution in [2.24, 2.45) is 5.92 Å².